The smallest absolute Gasteiger partial charge is 0.213 e. The molecule has 0 saturated heterocycles. The van der Waals surface area contributed by atoms with Crippen LogP contribution in [0.5, 0.6) is 0 Å². The topological polar surface area (TPSA) is 29.1 Å². The van der Waals surface area contributed by atoms with E-state index in [0.717, 1.165) is 18.4 Å². The van der Waals surface area contributed by atoms with E-state index in [4.69, 9.17) is 0 Å². The predicted molar refractivity (Wildman–Crippen MR) is 50.9 cm³/mol. The van der Waals surface area contributed by atoms with Gasteiger partial charge in [0.2, 0.25) is 5.12 Å². The lowest BCUT2D eigenvalue weighted by Crippen LogP contribution is -2.14. The molecule has 2 nitrogen and oxygen atoms in total. The first-order valence-electron chi connectivity index (χ1n) is 3.79. The van der Waals surface area contributed by atoms with Crippen LogP contribution >= 0.6 is 12.6 Å². The Morgan fingerprint density at radius 2 is 2.27 bits per heavy atom. The van der Waals surface area contributed by atoms with Crippen molar-refractivity contribution < 1.29 is 4.79 Å². The Bertz CT molecular complexity index is 154. The van der Waals surface area contributed by atoms with E-state index in [1.54, 1.807) is 0 Å². The van der Waals surface area contributed by atoms with Crippen molar-refractivity contribution >= 4 is 17.7 Å². The molecule has 11 heavy (non-hydrogen) atoms. The van der Waals surface area contributed by atoms with Gasteiger partial charge in [-0.2, -0.15) is 0 Å². The van der Waals surface area contributed by atoms with Gasteiger partial charge in [-0.15, -0.1) is 12.6 Å². The van der Waals surface area contributed by atoms with Crippen molar-refractivity contribution in [3.63, 3.8) is 0 Å². The second-order valence-electron chi connectivity index (χ2n) is 2.35. The lowest BCUT2D eigenvalue weighted by molar-refractivity contribution is -0.107. The molecule has 0 rings (SSSR count). The van der Waals surface area contributed by atoms with Crippen molar-refractivity contribution in [2.24, 2.45) is 0 Å². The summed E-state index contributed by atoms with van der Waals surface area (Å²) in [6, 6.07) is 0. The maximum absolute atomic E-state index is 10.8. The number of thiol groups is 1. The zero-order valence-corrected chi connectivity index (χ0v) is 7.95. The third-order valence-corrected chi connectivity index (χ3v) is 1.61. The standard InChI is InChI=1S/C8H15NOS/c1-3-4-5-7(6-9-2)8(10)11/h5,9H,3-4,6H2,1-2H3,(H,10,11)/b7-5+. The van der Waals surface area contributed by atoms with Gasteiger partial charge in [0.05, 0.1) is 0 Å². The number of allylic oxidation sites excluding steroid dienone is 1. The van der Waals surface area contributed by atoms with Gasteiger partial charge >= 0.3 is 0 Å². The van der Waals surface area contributed by atoms with Crippen LogP contribution in [0.3, 0.4) is 0 Å². The van der Waals surface area contributed by atoms with Crippen LogP contribution in [0.15, 0.2) is 11.6 Å². The van der Waals surface area contributed by atoms with E-state index in [1.807, 2.05) is 13.1 Å². The van der Waals surface area contributed by atoms with Crippen molar-refractivity contribution in [2.45, 2.75) is 19.8 Å². The highest BCUT2D eigenvalue weighted by Crippen LogP contribution is 2.01. The highest BCUT2D eigenvalue weighted by atomic mass is 32.1. The third-order valence-electron chi connectivity index (χ3n) is 1.32. The first-order chi connectivity index (χ1) is 5.22. The molecule has 0 saturated carbocycles. The molecule has 0 heterocycles. The van der Waals surface area contributed by atoms with Gasteiger partial charge in [-0.3, -0.25) is 4.79 Å². The molecule has 0 spiro atoms. The summed E-state index contributed by atoms with van der Waals surface area (Å²) in [7, 11) is 1.82. The van der Waals surface area contributed by atoms with Crippen molar-refractivity contribution in [2.75, 3.05) is 13.6 Å². The molecule has 0 radical (unpaired) electrons. The fourth-order valence-electron chi connectivity index (χ4n) is 0.744. The Morgan fingerprint density at radius 3 is 2.64 bits per heavy atom. The summed E-state index contributed by atoms with van der Waals surface area (Å²) in [6.45, 7) is 2.69. The maximum Gasteiger partial charge on any atom is 0.213 e. The van der Waals surface area contributed by atoms with Gasteiger partial charge in [0, 0.05) is 12.1 Å². The molecule has 0 atom stereocenters. The highest BCUT2D eigenvalue weighted by molar-refractivity contribution is 7.97. The Morgan fingerprint density at radius 1 is 1.64 bits per heavy atom. The summed E-state index contributed by atoms with van der Waals surface area (Å²) in [5, 5.41) is 2.79. The van der Waals surface area contributed by atoms with E-state index in [2.05, 4.69) is 24.9 Å². The maximum atomic E-state index is 10.8. The van der Waals surface area contributed by atoms with E-state index in [-0.39, 0.29) is 5.12 Å². The summed E-state index contributed by atoms with van der Waals surface area (Å²) >= 11 is 3.75. The average Bonchev–Trinajstić information content (AvgIpc) is 1.97. The number of carbonyl (C=O) groups is 1. The molecule has 0 bridgehead atoms. The Hall–Kier alpha value is -0.280. The van der Waals surface area contributed by atoms with Crippen LogP contribution in [0.1, 0.15) is 19.8 Å². The largest absolute Gasteiger partial charge is 0.316 e. The first kappa shape index (κ1) is 10.7. The Balaban J connectivity index is 3.97. The fourth-order valence-corrected chi connectivity index (χ4v) is 0.914. The minimum Gasteiger partial charge on any atom is -0.316 e. The van der Waals surface area contributed by atoms with Gasteiger partial charge in [-0.1, -0.05) is 19.4 Å². The number of hydrogen-bond donors (Lipinski definition) is 2. The number of carbonyl (C=O) groups excluding carboxylic acids is 1. The van der Waals surface area contributed by atoms with Gasteiger partial charge in [0.1, 0.15) is 0 Å². The monoisotopic (exact) mass is 173 g/mol. The van der Waals surface area contributed by atoms with Gasteiger partial charge in [-0.25, -0.2) is 0 Å². The van der Waals surface area contributed by atoms with Gasteiger partial charge in [-0.05, 0) is 13.5 Å². The van der Waals surface area contributed by atoms with Crippen LogP contribution in [0.25, 0.3) is 0 Å². The molecule has 0 fully saturated rings. The van der Waals surface area contributed by atoms with Gasteiger partial charge in [0.15, 0.2) is 0 Å². The summed E-state index contributed by atoms with van der Waals surface area (Å²) in [5.74, 6) is 0. The quantitative estimate of drug-likeness (QED) is 0.486. The predicted octanol–water partition coefficient (Wildman–Crippen LogP) is 1.39. The molecule has 64 valence electrons. The molecule has 0 unspecified atom stereocenters. The summed E-state index contributed by atoms with van der Waals surface area (Å²) in [4.78, 5) is 10.8. The Labute approximate surface area is 73.5 Å². The lowest BCUT2D eigenvalue weighted by Gasteiger charge is -2.00. The van der Waals surface area contributed by atoms with Crippen LogP contribution in [0, 0.1) is 0 Å². The number of hydrogen-bond acceptors (Lipinski definition) is 2. The normalized spacial score (nSPS) is 11.7. The third kappa shape index (κ3) is 5.04. The lowest BCUT2D eigenvalue weighted by atomic mass is 10.2. The van der Waals surface area contributed by atoms with Crippen LogP contribution in [0.2, 0.25) is 0 Å². The van der Waals surface area contributed by atoms with E-state index in [9.17, 15) is 4.79 Å². The van der Waals surface area contributed by atoms with Crippen LogP contribution in [-0.2, 0) is 4.79 Å². The molecule has 0 aromatic carbocycles. The second-order valence-corrected chi connectivity index (χ2v) is 2.76. The first-order valence-corrected chi connectivity index (χ1v) is 4.24. The SMILES string of the molecule is CCC/C=C(\CNC)C(=O)S. The molecule has 0 aliphatic carbocycles. The number of likely N-dealkylation sites (N-methyl/N-ethyl adjacent to an activating group) is 1. The Kier molecular flexibility index (Phi) is 6.27. The van der Waals surface area contributed by atoms with Crippen molar-refractivity contribution in [1.82, 2.24) is 5.32 Å². The molecule has 0 aliphatic rings. The number of rotatable bonds is 5. The van der Waals surface area contributed by atoms with Crippen LogP contribution in [-0.4, -0.2) is 18.7 Å². The average molecular weight is 173 g/mol. The van der Waals surface area contributed by atoms with E-state index in [1.165, 1.54) is 0 Å². The highest BCUT2D eigenvalue weighted by Gasteiger charge is 2.01. The molecule has 0 amide bonds. The number of nitrogens with one attached hydrogen (secondary N) is 1. The number of unbranched alkanes of at least 4 members (excludes halogenated alkanes) is 1. The summed E-state index contributed by atoms with van der Waals surface area (Å²) < 4.78 is 0. The molecule has 3 heteroatoms. The van der Waals surface area contributed by atoms with Crippen molar-refractivity contribution in [3.8, 4) is 0 Å². The van der Waals surface area contributed by atoms with E-state index >= 15 is 0 Å². The molecular formula is C8H15NOS. The van der Waals surface area contributed by atoms with Gasteiger partial charge < -0.3 is 5.32 Å². The zero-order valence-electron chi connectivity index (χ0n) is 7.05. The summed E-state index contributed by atoms with van der Waals surface area (Å²) in [6.07, 6.45) is 3.95. The van der Waals surface area contributed by atoms with Crippen molar-refractivity contribution in [3.05, 3.63) is 11.6 Å². The van der Waals surface area contributed by atoms with Crippen LogP contribution < -0.4 is 5.32 Å². The minimum atomic E-state index is -0.132. The molecular weight excluding hydrogens is 158 g/mol. The molecule has 0 aliphatic heterocycles. The summed E-state index contributed by atoms with van der Waals surface area (Å²) in [5.41, 5.74) is 0.762. The van der Waals surface area contributed by atoms with Crippen molar-refractivity contribution in [1.29, 1.82) is 0 Å². The second kappa shape index (κ2) is 6.43. The van der Waals surface area contributed by atoms with E-state index < -0.39 is 0 Å². The van der Waals surface area contributed by atoms with E-state index in [0.29, 0.717) is 6.54 Å². The zero-order chi connectivity index (χ0) is 8.69. The molecule has 1 N–H and O–H groups in total. The minimum absolute atomic E-state index is 0.132. The molecule has 0 aromatic heterocycles. The van der Waals surface area contributed by atoms with Crippen LogP contribution in [0.4, 0.5) is 0 Å². The van der Waals surface area contributed by atoms with Gasteiger partial charge in [0.25, 0.3) is 0 Å². The molecule has 0 aromatic rings. The fraction of sp³-hybridized carbons (Fsp3) is 0.625.